The van der Waals surface area contributed by atoms with Gasteiger partial charge in [-0.25, -0.2) is 12.7 Å². The second-order valence-electron chi connectivity index (χ2n) is 5.10. The Morgan fingerprint density at radius 3 is 2.74 bits per heavy atom. The van der Waals surface area contributed by atoms with Crippen LogP contribution in [0.2, 0.25) is 10.0 Å². The van der Waals surface area contributed by atoms with Gasteiger partial charge < -0.3 is 0 Å². The number of nitrogens with zero attached hydrogens (tertiary/aromatic N) is 1. The summed E-state index contributed by atoms with van der Waals surface area (Å²) in [5, 5.41) is 0.916. The molecule has 2 rings (SSSR count). The Morgan fingerprint density at radius 2 is 2.11 bits per heavy atom. The fourth-order valence-electron chi connectivity index (χ4n) is 2.33. The van der Waals surface area contributed by atoms with Crippen LogP contribution in [0.25, 0.3) is 0 Å². The van der Waals surface area contributed by atoms with E-state index in [-0.39, 0.29) is 5.75 Å². The molecule has 1 aromatic carbocycles. The summed E-state index contributed by atoms with van der Waals surface area (Å²) in [7, 11) is -3.30. The van der Waals surface area contributed by atoms with E-state index in [0.717, 1.165) is 12.8 Å². The van der Waals surface area contributed by atoms with Crippen LogP contribution >= 0.6 is 23.2 Å². The molecule has 106 valence electrons. The van der Waals surface area contributed by atoms with Gasteiger partial charge in [0.25, 0.3) is 0 Å². The molecule has 0 bridgehead atoms. The van der Waals surface area contributed by atoms with Crippen molar-refractivity contribution >= 4 is 33.2 Å². The zero-order valence-corrected chi connectivity index (χ0v) is 13.1. The van der Waals surface area contributed by atoms with Gasteiger partial charge >= 0.3 is 0 Å². The maximum Gasteiger partial charge on any atom is 0.218 e. The molecule has 0 saturated carbocycles. The summed E-state index contributed by atoms with van der Waals surface area (Å²) in [6.07, 6.45) is 2.02. The van der Waals surface area contributed by atoms with Crippen molar-refractivity contribution in [2.75, 3.05) is 13.1 Å². The Bertz CT molecular complexity index is 560. The first-order chi connectivity index (χ1) is 8.88. The number of benzene rings is 1. The van der Waals surface area contributed by atoms with E-state index in [0.29, 0.717) is 34.6 Å². The summed E-state index contributed by atoms with van der Waals surface area (Å²) >= 11 is 11.8. The summed E-state index contributed by atoms with van der Waals surface area (Å²) in [5.74, 6) is 0.361. The number of halogens is 2. The normalized spacial score (nSPS) is 21.5. The Balaban J connectivity index is 2.16. The average Bonchev–Trinajstić information content (AvgIpc) is 2.33. The number of hydrogen-bond acceptors (Lipinski definition) is 2. The molecule has 1 saturated heterocycles. The van der Waals surface area contributed by atoms with Gasteiger partial charge in [0.2, 0.25) is 10.0 Å². The molecular weight excluding hydrogens is 305 g/mol. The van der Waals surface area contributed by atoms with Gasteiger partial charge in [0.1, 0.15) is 0 Å². The fourth-order valence-corrected chi connectivity index (χ4v) is 4.60. The molecule has 1 heterocycles. The first-order valence-corrected chi connectivity index (χ1v) is 8.67. The molecule has 0 spiro atoms. The smallest absolute Gasteiger partial charge is 0.212 e. The summed E-state index contributed by atoms with van der Waals surface area (Å²) in [4.78, 5) is 0. The fraction of sp³-hybridized carbons (Fsp3) is 0.538. The highest BCUT2D eigenvalue weighted by Gasteiger charge is 2.27. The van der Waals surface area contributed by atoms with Gasteiger partial charge in [0.05, 0.1) is 5.75 Å². The molecule has 19 heavy (non-hydrogen) atoms. The summed E-state index contributed by atoms with van der Waals surface area (Å²) in [5.41, 5.74) is 0.601. The van der Waals surface area contributed by atoms with E-state index in [1.54, 1.807) is 22.5 Å². The maximum absolute atomic E-state index is 12.4. The van der Waals surface area contributed by atoms with Crippen LogP contribution in [0.15, 0.2) is 18.2 Å². The molecule has 1 fully saturated rings. The van der Waals surface area contributed by atoms with Crippen molar-refractivity contribution in [2.45, 2.75) is 25.5 Å². The zero-order chi connectivity index (χ0) is 14.0. The predicted octanol–water partition coefficient (Wildman–Crippen LogP) is 3.56. The van der Waals surface area contributed by atoms with E-state index in [1.807, 2.05) is 0 Å². The Morgan fingerprint density at radius 1 is 1.37 bits per heavy atom. The van der Waals surface area contributed by atoms with Crippen LogP contribution in [-0.4, -0.2) is 25.8 Å². The van der Waals surface area contributed by atoms with Crippen molar-refractivity contribution in [2.24, 2.45) is 5.92 Å². The van der Waals surface area contributed by atoms with E-state index in [4.69, 9.17) is 23.2 Å². The van der Waals surface area contributed by atoms with Crippen molar-refractivity contribution in [1.82, 2.24) is 4.31 Å². The SMILES string of the molecule is C[C@@H]1CCCN(S(=O)(=O)Cc2ccc(Cl)cc2Cl)C1. The molecule has 0 aromatic heterocycles. The number of piperidine rings is 1. The Hall–Kier alpha value is -0.290. The lowest BCUT2D eigenvalue weighted by atomic mass is 10.0. The first kappa shape index (κ1) is 15.1. The third-order valence-corrected chi connectivity index (χ3v) is 5.75. The molecule has 1 atom stereocenters. The van der Waals surface area contributed by atoms with Crippen LogP contribution in [-0.2, 0) is 15.8 Å². The van der Waals surface area contributed by atoms with Crippen LogP contribution in [0.3, 0.4) is 0 Å². The molecule has 1 aliphatic heterocycles. The van der Waals surface area contributed by atoms with Gasteiger partial charge in [-0.1, -0.05) is 36.2 Å². The molecule has 0 aliphatic carbocycles. The molecular formula is C13H17Cl2NO2S. The van der Waals surface area contributed by atoms with E-state index in [9.17, 15) is 8.42 Å². The molecule has 3 nitrogen and oxygen atoms in total. The van der Waals surface area contributed by atoms with Crippen molar-refractivity contribution in [3.05, 3.63) is 33.8 Å². The van der Waals surface area contributed by atoms with E-state index < -0.39 is 10.0 Å². The third-order valence-electron chi connectivity index (χ3n) is 3.37. The predicted molar refractivity (Wildman–Crippen MR) is 79.1 cm³/mol. The number of sulfonamides is 1. The van der Waals surface area contributed by atoms with Gasteiger partial charge in [-0.3, -0.25) is 0 Å². The minimum Gasteiger partial charge on any atom is -0.212 e. The van der Waals surface area contributed by atoms with Crippen molar-refractivity contribution in [3.8, 4) is 0 Å². The van der Waals surface area contributed by atoms with Crippen molar-refractivity contribution in [3.63, 3.8) is 0 Å². The number of hydrogen-bond donors (Lipinski definition) is 0. The lowest BCUT2D eigenvalue weighted by Crippen LogP contribution is -2.39. The molecule has 0 unspecified atom stereocenters. The molecule has 0 radical (unpaired) electrons. The minimum absolute atomic E-state index is 0.0598. The molecule has 1 aromatic rings. The van der Waals surface area contributed by atoms with Gasteiger partial charge in [-0.15, -0.1) is 0 Å². The van der Waals surface area contributed by atoms with Crippen molar-refractivity contribution < 1.29 is 8.42 Å². The quantitative estimate of drug-likeness (QED) is 0.853. The van der Waals surface area contributed by atoms with Gasteiger partial charge in [-0.2, -0.15) is 0 Å². The van der Waals surface area contributed by atoms with Crippen LogP contribution in [0.1, 0.15) is 25.3 Å². The Kier molecular flexibility index (Phi) is 4.77. The number of rotatable bonds is 3. The largest absolute Gasteiger partial charge is 0.218 e. The highest BCUT2D eigenvalue weighted by Crippen LogP contribution is 2.25. The average molecular weight is 322 g/mol. The zero-order valence-electron chi connectivity index (χ0n) is 10.8. The van der Waals surface area contributed by atoms with E-state index in [1.165, 1.54) is 0 Å². The third kappa shape index (κ3) is 3.85. The first-order valence-electron chi connectivity index (χ1n) is 6.30. The van der Waals surface area contributed by atoms with Crippen LogP contribution in [0.4, 0.5) is 0 Å². The van der Waals surface area contributed by atoms with Crippen LogP contribution in [0.5, 0.6) is 0 Å². The second-order valence-corrected chi connectivity index (χ2v) is 7.91. The second kappa shape index (κ2) is 6.00. The summed E-state index contributed by atoms with van der Waals surface area (Å²) in [6.45, 7) is 3.29. The van der Waals surface area contributed by atoms with Crippen molar-refractivity contribution in [1.29, 1.82) is 0 Å². The van der Waals surface area contributed by atoms with Crippen LogP contribution in [0, 0.1) is 5.92 Å². The molecule has 0 amide bonds. The van der Waals surface area contributed by atoms with E-state index in [2.05, 4.69) is 6.92 Å². The van der Waals surface area contributed by atoms with Gasteiger partial charge in [0, 0.05) is 23.1 Å². The lowest BCUT2D eigenvalue weighted by Gasteiger charge is -2.30. The van der Waals surface area contributed by atoms with Gasteiger partial charge in [-0.05, 0) is 36.5 Å². The molecule has 1 aliphatic rings. The van der Waals surface area contributed by atoms with E-state index >= 15 is 0 Å². The van der Waals surface area contributed by atoms with Crippen LogP contribution < -0.4 is 0 Å². The highest BCUT2D eigenvalue weighted by atomic mass is 35.5. The van der Waals surface area contributed by atoms with Gasteiger partial charge in [0.15, 0.2) is 0 Å². The summed E-state index contributed by atoms with van der Waals surface area (Å²) in [6, 6.07) is 4.92. The summed E-state index contributed by atoms with van der Waals surface area (Å²) < 4.78 is 26.3. The topological polar surface area (TPSA) is 37.4 Å². The monoisotopic (exact) mass is 321 g/mol. The standard InChI is InChI=1S/C13H17Cl2NO2S/c1-10-3-2-6-16(8-10)19(17,18)9-11-4-5-12(14)7-13(11)15/h4-5,7,10H,2-3,6,8-9H2,1H3/t10-/m1/s1. The maximum atomic E-state index is 12.4. The molecule has 0 N–H and O–H groups in total. The Labute approximate surface area is 124 Å². The highest BCUT2D eigenvalue weighted by molar-refractivity contribution is 7.88. The molecule has 6 heteroatoms. The minimum atomic E-state index is -3.30. The lowest BCUT2D eigenvalue weighted by molar-refractivity contribution is 0.281.